The van der Waals surface area contributed by atoms with Crippen LogP contribution in [0.3, 0.4) is 0 Å². The molecule has 0 fully saturated rings. The van der Waals surface area contributed by atoms with Crippen molar-refractivity contribution in [3.8, 4) is 27.9 Å². The predicted molar refractivity (Wildman–Crippen MR) is 270 cm³/mol. The zero-order valence-corrected chi connectivity index (χ0v) is 36.9. The summed E-state index contributed by atoms with van der Waals surface area (Å²) < 4.78 is 8.69. The van der Waals surface area contributed by atoms with E-state index < -0.39 is 0 Å². The highest BCUT2D eigenvalue weighted by Gasteiger charge is 2.39. The van der Waals surface area contributed by atoms with Crippen molar-refractivity contribution in [1.82, 2.24) is 4.57 Å². The molecule has 0 bridgehead atoms. The predicted octanol–water partition coefficient (Wildman–Crippen LogP) is 16.6. The molecule has 8 aromatic carbocycles. The van der Waals surface area contributed by atoms with Crippen molar-refractivity contribution < 1.29 is 4.42 Å². The SMILES string of the molecule is C=C(/C=C1\C(=C/C)c2ccc(-c3ccc4c(c3)c3ccccc3n4-c3ccccc3)cc2C1(C)C)N(c1ccc2c(c1)C(C)(C)c1ccccc1-2)c1ccc2oc3ccccc3c2c1. The maximum atomic E-state index is 6.32. The molecule has 3 heteroatoms. The average Bonchev–Trinajstić information content (AvgIpc) is 3.99. The van der Waals surface area contributed by atoms with Gasteiger partial charge < -0.3 is 13.9 Å². The summed E-state index contributed by atoms with van der Waals surface area (Å²) in [4.78, 5) is 2.34. The summed E-state index contributed by atoms with van der Waals surface area (Å²) in [6.07, 6.45) is 4.62. The van der Waals surface area contributed by atoms with Gasteiger partial charge >= 0.3 is 0 Å². The Morgan fingerprint density at radius 1 is 0.516 bits per heavy atom. The molecule has 64 heavy (non-hydrogen) atoms. The molecule has 2 aromatic heterocycles. The number of furan rings is 1. The van der Waals surface area contributed by atoms with Crippen LogP contribution >= 0.6 is 0 Å². The highest BCUT2D eigenvalue weighted by molar-refractivity contribution is 6.11. The largest absolute Gasteiger partial charge is 0.456 e. The van der Waals surface area contributed by atoms with Crippen LogP contribution in [0.1, 0.15) is 56.9 Å². The lowest BCUT2D eigenvalue weighted by Crippen LogP contribution is -2.20. The summed E-state index contributed by atoms with van der Waals surface area (Å²) in [7, 11) is 0. The first-order valence-corrected chi connectivity index (χ1v) is 22.4. The molecule has 0 radical (unpaired) electrons. The maximum absolute atomic E-state index is 6.32. The molecular weight excluding hydrogens is 777 g/mol. The molecular formula is C61H48N2O. The number of hydrogen-bond donors (Lipinski definition) is 0. The zero-order chi connectivity index (χ0) is 43.5. The molecule has 2 aliphatic carbocycles. The van der Waals surface area contributed by atoms with Gasteiger partial charge in [0.15, 0.2) is 0 Å². The molecule has 10 aromatic rings. The summed E-state index contributed by atoms with van der Waals surface area (Å²) in [5, 5.41) is 4.70. The van der Waals surface area contributed by atoms with Crippen LogP contribution in [0, 0.1) is 0 Å². The van der Waals surface area contributed by atoms with Crippen molar-refractivity contribution in [3.63, 3.8) is 0 Å². The fourth-order valence-corrected chi connectivity index (χ4v) is 11.1. The van der Waals surface area contributed by atoms with E-state index in [1.165, 1.54) is 83.1 Å². The minimum atomic E-state index is -0.304. The second-order valence-corrected chi connectivity index (χ2v) is 18.6. The number of rotatable bonds is 6. The van der Waals surface area contributed by atoms with Crippen LogP contribution in [-0.2, 0) is 10.8 Å². The zero-order valence-electron chi connectivity index (χ0n) is 36.9. The van der Waals surface area contributed by atoms with Crippen LogP contribution in [0.5, 0.6) is 0 Å². The van der Waals surface area contributed by atoms with Crippen LogP contribution in [0.15, 0.2) is 210 Å². The van der Waals surface area contributed by atoms with Gasteiger partial charge in [0.05, 0.1) is 11.0 Å². The van der Waals surface area contributed by atoms with E-state index in [-0.39, 0.29) is 10.8 Å². The molecule has 12 rings (SSSR count). The van der Waals surface area contributed by atoms with Gasteiger partial charge in [0.2, 0.25) is 0 Å². The topological polar surface area (TPSA) is 21.3 Å². The number of benzene rings is 8. The number of fused-ring (bicyclic) bond motifs is 10. The van der Waals surface area contributed by atoms with Crippen LogP contribution in [0.4, 0.5) is 11.4 Å². The Labute approximate surface area is 374 Å². The van der Waals surface area contributed by atoms with Crippen LogP contribution in [0.25, 0.3) is 77.3 Å². The Morgan fingerprint density at radius 3 is 1.98 bits per heavy atom. The van der Waals surface area contributed by atoms with Gasteiger partial charge in [-0.25, -0.2) is 0 Å². The van der Waals surface area contributed by atoms with E-state index in [1.54, 1.807) is 0 Å². The number of para-hydroxylation sites is 3. The summed E-state index contributed by atoms with van der Waals surface area (Å²) in [5.74, 6) is 0. The molecule has 0 spiro atoms. The third kappa shape index (κ3) is 5.53. The quantitative estimate of drug-likeness (QED) is 0.167. The molecule has 0 saturated heterocycles. The lowest BCUT2D eigenvalue weighted by Gasteiger charge is -2.30. The van der Waals surface area contributed by atoms with Gasteiger partial charge in [-0.15, -0.1) is 0 Å². The summed E-state index contributed by atoms with van der Waals surface area (Å²) >= 11 is 0. The van der Waals surface area contributed by atoms with Crippen molar-refractivity contribution in [2.24, 2.45) is 0 Å². The van der Waals surface area contributed by atoms with E-state index in [1.807, 2.05) is 12.1 Å². The fourth-order valence-electron chi connectivity index (χ4n) is 11.1. The first kappa shape index (κ1) is 38.1. The number of nitrogens with zero attached hydrogens (tertiary/aromatic N) is 2. The van der Waals surface area contributed by atoms with Crippen molar-refractivity contribution in [3.05, 3.63) is 228 Å². The van der Waals surface area contributed by atoms with Crippen molar-refractivity contribution >= 4 is 60.7 Å². The highest BCUT2D eigenvalue weighted by atomic mass is 16.3. The monoisotopic (exact) mass is 824 g/mol. The Hall–Kier alpha value is -7.62. The van der Waals surface area contributed by atoms with Gasteiger partial charge in [-0.05, 0) is 141 Å². The molecule has 0 unspecified atom stereocenters. The molecule has 3 nitrogen and oxygen atoms in total. The van der Waals surface area contributed by atoms with E-state index >= 15 is 0 Å². The van der Waals surface area contributed by atoms with Gasteiger partial charge in [-0.1, -0.05) is 143 Å². The second kappa shape index (κ2) is 13.9. The standard InChI is InChI=1S/C61H48N2O/c1-7-44-46-29-25-40(39-26-31-57-50(34-39)48-20-12-15-23-56(48)63(57)41-17-9-8-10-18-41)35-54(46)61(5,6)53(44)33-38(2)62(42-28-32-59-51(36-42)49-21-13-16-24-58(49)64-59)43-27-30-47-45-19-11-14-22-52(45)60(3,4)55(47)37-43/h7-37H,2H2,1,3-6H3/b44-7-,53-33+. The third-order valence-electron chi connectivity index (χ3n) is 14.3. The Bertz CT molecular complexity index is 3640. The molecule has 0 amide bonds. The van der Waals surface area contributed by atoms with E-state index in [4.69, 9.17) is 11.0 Å². The smallest absolute Gasteiger partial charge is 0.135 e. The molecule has 2 aliphatic rings. The highest BCUT2D eigenvalue weighted by Crippen LogP contribution is 2.53. The van der Waals surface area contributed by atoms with E-state index in [0.29, 0.717) is 0 Å². The second-order valence-electron chi connectivity index (χ2n) is 18.6. The molecule has 308 valence electrons. The molecule has 0 saturated carbocycles. The lowest BCUT2D eigenvalue weighted by atomic mass is 9.81. The number of aromatic nitrogens is 1. The minimum Gasteiger partial charge on any atom is -0.456 e. The van der Waals surface area contributed by atoms with Gasteiger partial charge in [0, 0.05) is 55.1 Å². The Morgan fingerprint density at radius 2 is 1.14 bits per heavy atom. The van der Waals surface area contributed by atoms with E-state index in [2.05, 4.69) is 220 Å². The number of anilines is 2. The average molecular weight is 825 g/mol. The van der Waals surface area contributed by atoms with Crippen LogP contribution < -0.4 is 4.90 Å². The molecule has 2 heterocycles. The lowest BCUT2D eigenvalue weighted by molar-refractivity contribution is 0.659. The van der Waals surface area contributed by atoms with Crippen molar-refractivity contribution in [2.75, 3.05) is 4.90 Å². The van der Waals surface area contributed by atoms with Gasteiger partial charge in [-0.2, -0.15) is 0 Å². The molecule has 0 N–H and O–H groups in total. The number of hydrogen-bond acceptors (Lipinski definition) is 2. The van der Waals surface area contributed by atoms with Crippen molar-refractivity contribution in [2.45, 2.75) is 45.4 Å². The van der Waals surface area contributed by atoms with Crippen LogP contribution in [0.2, 0.25) is 0 Å². The third-order valence-corrected chi connectivity index (χ3v) is 14.3. The summed E-state index contributed by atoms with van der Waals surface area (Å²) in [6, 6.07) is 64.1. The minimum absolute atomic E-state index is 0.146. The first-order valence-electron chi connectivity index (χ1n) is 22.4. The maximum Gasteiger partial charge on any atom is 0.135 e. The van der Waals surface area contributed by atoms with E-state index in [9.17, 15) is 0 Å². The Balaban J connectivity index is 0.972. The van der Waals surface area contributed by atoms with Gasteiger partial charge in [0.25, 0.3) is 0 Å². The van der Waals surface area contributed by atoms with Crippen LogP contribution in [-0.4, -0.2) is 4.57 Å². The van der Waals surface area contributed by atoms with Gasteiger partial charge in [-0.3, -0.25) is 0 Å². The Kier molecular flexibility index (Phi) is 8.30. The van der Waals surface area contributed by atoms with E-state index in [0.717, 1.165) is 39.0 Å². The van der Waals surface area contributed by atoms with Gasteiger partial charge in [0.1, 0.15) is 11.2 Å². The van der Waals surface area contributed by atoms with Crippen molar-refractivity contribution in [1.29, 1.82) is 0 Å². The first-order chi connectivity index (χ1) is 31.1. The molecule has 0 aliphatic heterocycles. The summed E-state index contributed by atoms with van der Waals surface area (Å²) in [6.45, 7) is 16.5. The fraction of sp³-hybridized carbons (Fsp3) is 0.115. The number of allylic oxidation sites excluding steroid dienone is 4. The summed E-state index contributed by atoms with van der Waals surface area (Å²) in [5.41, 5.74) is 20.7. The normalized spacial score (nSPS) is 16.0. The molecule has 0 atom stereocenters.